The molecule has 1 aromatic heterocycles. The minimum Gasteiger partial charge on any atom is -0.310 e. The van der Waals surface area contributed by atoms with E-state index in [9.17, 15) is 9.59 Å². The van der Waals surface area contributed by atoms with E-state index in [-0.39, 0.29) is 11.9 Å². The predicted molar refractivity (Wildman–Crippen MR) is 66.9 cm³/mol. The van der Waals surface area contributed by atoms with Crippen LogP contribution in [0.4, 0.5) is 4.79 Å². The van der Waals surface area contributed by atoms with Crippen LogP contribution in [0.2, 0.25) is 0 Å². The van der Waals surface area contributed by atoms with E-state index in [1.54, 1.807) is 18.0 Å². The van der Waals surface area contributed by atoms with Crippen molar-refractivity contribution in [3.63, 3.8) is 0 Å². The van der Waals surface area contributed by atoms with Gasteiger partial charge >= 0.3 is 6.03 Å². The summed E-state index contributed by atoms with van der Waals surface area (Å²) in [7, 11) is 0. The first-order valence-electron chi connectivity index (χ1n) is 6.11. The summed E-state index contributed by atoms with van der Waals surface area (Å²) in [6.07, 6.45) is 2.98. The Bertz CT molecular complexity index is 461. The van der Waals surface area contributed by atoms with Crippen LogP contribution in [-0.2, 0) is 11.2 Å². The summed E-state index contributed by atoms with van der Waals surface area (Å²) in [6, 6.07) is 5.38. The van der Waals surface area contributed by atoms with Gasteiger partial charge in [-0.25, -0.2) is 4.79 Å². The highest BCUT2D eigenvalue weighted by atomic mass is 16.2. The highest BCUT2D eigenvalue weighted by Crippen LogP contribution is 2.25. The number of amides is 3. The second-order valence-corrected chi connectivity index (χ2v) is 4.61. The van der Waals surface area contributed by atoms with Crippen molar-refractivity contribution in [1.29, 1.82) is 0 Å². The zero-order chi connectivity index (χ0) is 13.2. The van der Waals surface area contributed by atoms with Gasteiger partial charge in [0.1, 0.15) is 5.54 Å². The normalized spacial score (nSPS) is 23.3. The van der Waals surface area contributed by atoms with Gasteiger partial charge in [0.15, 0.2) is 0 Å². The molecule has 0 spiro atoms. The molecule has 0 bridgehead atoms. The van der Waals surface area contributed by atoms with Crippen molar-refractivity contribution in [1.82, 2.24) is 15.2 Å². The van der Waals surface area contributed by atoms with Crippen molar-refractivity contribution < 1.29 is 9.59 Å². The number of rotatable bonds is 4. The second kappa shape index (κ2) is 4.76. The van der Waals surface area contributed by atoms with Crippen molar-refractivity contribution in [2.45, 2.75) is 32.2 Å². The number of nitrogens with one attached hydrogen (secondary N) is 1. The van der Waals surface area contributed by atoms with Crippen LogP contribution >= 0.6 is 0 Å². The van der Waals surface area contributed by atoms with E-state index in [1.807, 2.05) is 25.1 Å². The number of carbonyl (C=O) groups is 2. The molecule has 2 rings (SSSR count). The summed E-state index contributed by atoms with van der Waals surface area (Å²) in [5.74, 6) is -0.212. The van der Waals surface area contributed by atoms with E-state index in [2.05, 4.69) is 10.3 Å². The molecule has 1 aliphatic rings. The lowest BCUT2D eigenvalue weighted by Gasteiger charge is -2.30. The molecule has 1 unspecified atom stereocenters. The fourth-order valence-electron chi connectivity index (χ4n) is 2.12. The van der Waals surface area contributed by atoms with Gasteiger partial charge in [0, 0.05) is 24.9 Å². The minimum atomic E-state index is -0.730. The van der Waals surface area contributed by atoms with Crippen LogP contribution in [0.5, 0.6) is 0 Å². The maximum Gasteiger partial charge on any atom is 0.325 e. The van der Waals surface area contributed by atoms with E-state index in [1.165, 1.54) is 0 Å². The van der Waals surface area contributed by atoms with Crippen molar-refractivity contribution in [3.05, 3.63) is 30.1 Å². The second-order valence-electron chi connectivity index (χ2n) is 4.61. The van der Waals surface area contributed by atoms with Gasteiger partial charge in [0.05, 0.1) is 0 Å². The molecule has 0 aromatic carbocycles. The summed E-state index contributed by atoms with van der Waals surface area (Å²) < 4.78 is 0. The average molecular weight is 247 g/mol. The lowest BCUT2D eigenvalue weighted by Crippen LogP contribution is -2.47. The number of pyridine rings is 1. The Morgan fingerprint density at radius 1 is 1.39 bits per heavy atom. The van der Waals surface area contributed by atoms with Crippen molar-refractivity contribution in [2.24, 2.45) is 0 Å². The zero-order valence-electron chi connectivity index (χ0n) is 10.6. The summed E-state index contributed by atoms with van der Waals surface area (Å²) in [5, 5.41) is 2.37. The molecule has 0 radical (unpaired) electrons. The van der Waals surface area contributed by atoms with E-state index in [4.69, 9.17) is 0 Å². The van der Waals surface area contributed by atoms with Crippen LogP contribution < -0.4 is 5.32 Å². The number of hydrogen-bond acceptors (Lipinski definition) is 3. The quantitative estimate of drug-likeness (QED) is 0.817. The SMILES string of the molecule is CCC1(C)C(=O)NC(=O)N1CCc1ccccn1. The third kappa shape index (κ3) is 2.08. The van der Waals surface area contributed by atoms with Crippen LogP contribution in [0.1, 0.15) is 26.0 Å². The molecular formula is C13H17N3O2. The molecule has 1 atom stereocenters. The molecular weight excluding hydrogens is 230 g/mol. The van der Waals surface area contributed by atoms with Gasteiger partial charge in [-0.1, -0.05) is 13.0 Å². The Morgan fingerprint density at radius 2 is 2.17 bits per heavy atom. The lowest BCUT2D eigenvalue weighted by molar-refractivity contribution is -0.126. The van der Waals surface area contributed by atoms with Crippen LogP contribution in [0, 0.1) is 0 Å². The van der Waals surface area contributed by atoms with Crippen LogP contribution in [0.25, 0.3) is 0 Å². The number of hydrogen-bond donors (Lipinski definition) is 1. The van der Waals surface area contributed by atoms with Crippen molar-refractivity contribution in [3.8, 4) is 0 Å². The van der Waals surface area contributed by atoms with Gasteiger partial charge in [0.25, 0.3) is 5.91 Å². The zero-order valence-corrected chi connectivity index (χ0v) is 10.6. The molecule has 96 valence electrons. The van der Waals surface area contributed by atoms with Gasteiger partial charge in [-0.3, -0.25) is 15.1 Å². The first-order valence-corrected chi connectivity index (χ1v) is 6.11. The molecule has 18 heavy (non-hydrogen) atoms. The number of aromatic nitrogens is 1. The summed E-state index contributed by atoms with van der Waals surface area (Å²) in [6.45, 7) is 4.20. The largest absolute Gasteiger partial charge is 0.325 e. The standard InChI is InChI=1S/C13H17N3O2/c1-3-13(2)11(17)15-12(18)16(13)9-7-10-6-4-5-8-14-10/h4-6,8H,3,7,9H2,1-2H3,(H,15,17,18). The molecule has 1 aromatic rings. The Morgan fingerprint density at radius 3 is 2.78 bits per heavy atom. The van der Waals surface area contributed by atoms with Gasteiger partial charge in [-0.05, 0) is 25.5 Å². The molecule has 0 aliphatic carbocycles. The van der Waals surface area contributed by atoms with E-state index in [0.717, 1.165) is 5.69 Å². The molecule has 0 saturated carbocycles. The minimum absolute atomic E-state index is 0.212. The first-order chi connectivity index (χ1) is 8.58. The van der Waals surface area contributed by atoms with Gasteiger partial charge in [0.2, 0.25) is 0 Å². The van der Waals surface area contributed by atoms with Gasteiger partial charge in [-0.2, -0.15) is 0 Å². The number of imide groups is 1. The Hall–Kier alpha value is -1.91. The highest BCUT2D eigenvalue weighted by Gasteiger charge is 2.47. The van der Waals surface area contributed by atoms with Crippen LogP contribution in [0.15, 0.2) is 24.4 Å². The number of carbonyl (C=O) groups excluding carboxylic acids is 2. The van der Waals surface area contributed by atoms with Crippen molar-refractivity contribution in [2.75, 3.05) is 6.54 Å². The fourth-order valence-corrected chi connectivity index (χ4v) is 2.12. The number of urea groups is 1. The molecule has 5 heteroatoms. The maximum absolute atomic E-state index is 11.8. The van der Waals surface area contributed by atoms with E-state index >= 15 is 0 Å². The Labute approximate surface area is 106 Å². The molecule has 1 fully saturated rings. The van der Waals surface area contributed by atoms with Gasteiger partial charge in [-0.15, -0.1) is 0 Å². The van der Waals surface area contributed by atoms with Gasteiger partial charge < -0.3 is 4.90 Å². The first kappa shape index (κ1) is 12.5. The monoisotopic (exact) mass is 247 g/mol. The Balaban J connectivity index is 2.08. The van der Waals surface area contributed by atoms with Crippen molar-refractivity contribution >= 4 is 11.9 Å². The molecule has 2 heterocycles. The fraction of sp³-hybridized carbons (Fsp3) is 0.462. The predicted octanol–water partition coefficient (Wildman–Crippen LogP) is 1.34. The maximum atomic E-state index is 11.8. The lowest BCUT2D eigenvalue weighted by atomic mass is 9.97. The third-order valence-electron chi connectivity index (χ3n) is 3.56. The van der Waals surface area contributed by atoms with E-state index in [0.29, 0.717) is 19.4 Å². The molecule has 3 amide bonds. The highest BCUT2D eigenvalue weighted by molar-refractivity contribution is 6.06. The van der Waals surface area contributed by atoms with E-state index < -0.39 is 5.54 Å². The number of nitrogens with zero attached hydrogens (tertiary/aromatic N) is 2. The molecule has 1 N–H and O–H groups in total. The summed E-state index contributed by atoms with van der Waals surface area (Å²) in [4.78, 5) is 29.3. The third-order valence-corrected chi connectivity index (χ3v) is 3.56. The van der Waals surface area contributed by atoms with Crippen LogP contribution in [-0.4, -0.2) is 33.9 Å². The summed E-state index contributed by atoms with van der Waals surface area (Å²) in [5.41, 5.74) is 0.189. The topological polar surface area (TPSA) is 62.3 Å². The average Bonchev–Trinajstić information content (AvgIpc) is 2.60. The summed E-state index contributed by atoms with van der Waals surface area (Å²) >= 11 is 0. The van der Waals surface area contributed by atoms with Crippen LogP contribution in [0.3, 0.4) is 0 Å². The molecule has 1 aliphatic heterocycles. The smallest absolute Gasteiger partial charge is 0.310 e. The molecule has 5 nitrogen and oxygen atoms in total. The molecule has 1 saturated heterocycles. The Kier molecular flexibility index (Phi) is 3.32.